The molecule has 0 N–H and O–H groups in total. The van der Waals surface area contributed by atoms with Crippen molar-refractivity contribution in [1.82, 2.24) is 18.8 Å². The van der Waals surface area contributed by atoms with Crippen LogP contribution in [-0.4, -0.2) is 38.0 Å². The lowest BCUT2D eigenvalue weighted by Crippen LogP contribution is -2.48. The van der Waals surface area contributed by atoms with Gasteiger partial charge in [0.05, 0.1) is 17.4 Å². The molecular weight excluding hydrogens is 450 g/mol. The lowest BCUT2D eigenvalue weighted by Gasteiger charge is -2.40. The first-order valence-corrected chi connectivity index (χ1v) is 11.8. The van der Waals surface area contributed by atoms with E-state index in [1.54, 1.807) is 0 Å². The van der Waals surface area contributed by atoms with Gasteiger partial charge in [-0.15, -0.1) is 0 Å². The summed E-state index contributed by atoms with van der Waals surface area (Å²) in [6, 6.07) is 14.4. The van der Waals surface area contributed by atoms with Gasteiger partial charge in [-0.25, -0.2) is 4.37 Å². The maximum Gasteiger partial charge on any atom is 0.193 e. The molecule has 1 aliphatic heterocycles. The van der Waals surface area contributed by atoms with Crippen LogP contribution < -0.4 is 10.3 Å². The highest BCUT2D eigenvalue weighted by Gasteiger charge is 2.27. The fraction of sp³-hybridized carbons (Fsp3) is 0.320. The molecule has 0 aliphatic carbocycles. The van der Waals surface area contributed by atoms with Crippen LogP contribution in [0.3, 0.4) is 0 Å². The monoisotopic (exact) mass is 479 g/mol. The second kappa shape index (κ2) is 10.5. The molecule has 1 aromatic carbocycles. The number of piperidine rings is 1. The summed E-state index contributed by atoms with van der Waals surface area (Å²) < 4.78 is 6.36. The molecule has 1 fully saturated rings. The van der Waals surface area contributed by atoms with Gasteiger partial charge in [-0.1, -0.05) is 12.1 Å². The standard InChI is InChI=1S/C25H27N5OS.H2S/c1-28-15-19(25(31)23-8-2-3-9-24(23)28)16-30(18-22-10-12-27-32-22)21-7-5-13-29(17-21)20-6-4-11-26-14-20;/h2-4,6,8-12,14-15,21H,5,7,13,16-18H2,1H3;1H2/t21-;/m0./s1. The predicted molar refractivity (Wildman–Crippen MR) is 140 cm³/mol. The van der Waals surface area contributed by atoms with Crippen molar-refractivity contribution in [2.45, 2.75) is 32.0 Å². The number of para-hydroxylation sites is 1. The number of fused-ring (bicyclic) bond motifs is 1. The van der Waals surface area contributed by atoms with Crippen molar-refractivity contribution in [3.05, 3.63) is 87.9 Å². The van der Waals surface area contributed by atoms with Crippen molar-refractivity contribution < 1.29 is 0 Å². The minimum Gasteiger partial charge on any atom is -0.369 e. The third-order valence-corrected chi connectivity index (χ3v) is 7.04. The van der Waals surface area contributed by atoms with Gasteiger partial charge in [0.2, 0.25) is 0 Å². The van der Waals surface area contributed by atoms with E-state index in [1.165, 1.54) is 16.4 Å². The third kappa shape index (κ3) is 5.13. The largest absolute Gasteiger partial charge is 0.369 e. The summed E-state index contributed by atoms with van der Waals surface area (Å²) in [6.07, 6.45) is 9.85. The number of nitrogens with zero attached hydrogens (tertiary/aromatic N) is 5. The first-order valence-electron chi connectivity index (χ1n) is 11.0. The number of anilines is 1. The third-order valence-electron chi connectivity index (χ3n) is 6.32. The van der Waals surface area contributed by atoms with Gasteiger partial charge in [0.25, 0.3) is 0 Å². The average Bonchev–Trinajstić information content (AvgIpc) is 3.36. The first-order chi connectivity index (χ1) is 15.7. The molecule has 172 valence electrons. The van der Waals surface area contributed by atoms with Crippen LogP contribution in [0.1, 0.15) is 23.3 Å². The van der Waals surface area contributed by atoms with Crippen molar-refractivity contribution in [3.8, 4) is 0 Å². The fourth-order valence-corrected chi connectivity index (χ4v) is 5.31. The van der Waals surface area contributed by atoms with Gasteiger partial charge in [-0.2, -0.15) is 13.5 Å². The van der Waals surface area contributed by atoms with E-state index in [4.69, 9.17) is 0 Å². The summed E-state index contributed by atoms with van der Waals surface area (Å²) in [5.41, 5.74) is 3.11. The zero-order valence-electron chi connectivity index (χ0n) is 18.7. The van der Waals surface area contributed by atoms with E-state index in [2.05, 4.69) is 35.9 Å². The van der Waals surface area contributed by atoms with Crippen LogP contribution in [0, 0.1) is 0 Å². The summed E-state index contributed by atoms with van der Waals surface area (Å²) in [7, 11) is 2.02. The van der Waals surface area contributed by atoms with Gasteiger partial charge in [0.15, 0.2) is 5.43 Å². The molecule has 1 aliphatic rings. The molecule has 0 unspecified atom stereocenters. The fourth-order valence-electron chi connectivity index (χ4n) is 4.71. The zero-order chi connectivity index (χ0) is 21.9. The highest BCUT2D eigenvalue weighted by atomic mass is 32.1. The summed E-state index contributed by atoms with van der Waals surface area (Å²) >= 11 is 1.53. The van der Waals surface area contributed by atoms with Crippen molar-refractivity contribution in [2.24, 2.45) is 7.05 Å². The summed E-state index contributed by atoms with van der Waals surface area (Å²) in [6.45, 7) is 3.39. The first kappa shape index (κ1) is 23.5. The minimum absolute atomic E-state index is 0. The lowest BCUT2D eigenvalue weighted by atomic mass is 10.0. The Hall–Kier alpha value is -2.68. The predicted octanol–water partition coefficient (Wildman–Crippen LogP) is 4.17. The minimum atomic E-state index is 0. The molecule has 3 aromatic heterocycles. The number of rotatable bonds is 6. The maximum absolute atomic E-state index is 13.3. The molecular formula is C25H29N5OS2. The molecule has 4 heterocycles. The van der Waals surface area contributed by atoms with Gasteiger partial charge >= 0.3 is 0 Å². The van der Waals surface area contributed by atoms with Crippen molar-refractivity contribution in [3.63, 3.8) is 0 Å². The van der Waals surface area contributed by atoms with Crippen molar-refractivity contribution in [1.29, 1.82) is 0 Å². The summed E-state index contributed by atoms with van der Waals surface area (Å²) in [5, 5.41) is 0.783. The topological polar surface area (TPSA) is 54.3 Å². The number of pyridine rings is 2. The summed E-state index contributed by atoms with van der Waals surface area (Å²) in [5.74, 6) is 0. The second-order valence-corrected chi connectivity index (χ2v) is 9.37. The van der Waals surface area contributed by atoms with Gasteiger partial charge in [-0.05, 0) is 54.7 Å². The molecule has 0 spiro atoms. The Bertz CT molecular complexity index is 1240. The highest BCUT2D eigenvalue weighted by molar-refractivity contribution is 7.59. The van der Waals surface area contributed by atoms with Crippen LogP contribution in [0.4, 0.5) is 5.69 Å². The zero-order valence-corrected chi connectivity index (χ0v) is 20.5. The van der Waals surface area contributed by atoms with E-state index in [-0.39, 0.29) is 18.9 Å². The number of aromatic nitrogens is 3. The molecule has 4 aromatic rings. The molecule has 5 rings (SSSR count). The van der Waals surface area contributed by atoms with Crippen LogP contribution in [-0.2, 0) is 20.1 Å². The molecule has 1 atom stereocenters. The Kier molecular flexibility index (Phi) is 7.47. The van der Waals surface area contributed by atoms with Gasteiger partial charge in [0, 0.05) is 73.7 Å². The number of benzene rings is 1. The molecule has 0 radical (unpaired) electrons. The van der Waals surface area contributed by atoms with Crippen LogP contribution in [0.2, 0.25) is 0 Å². The Balaban J connectivity index is 0.00000259. The van der Waals surface area contributed by atoms with Gasteiger partial charge < -0.3 is 9.47 Å². The Morgan fingerprint density at radius 1 is 1.12 bits per heavy atom. The van der Waals surface area contributed by atoms with Crippen LogP contribution in [0.15, 0.2) is 72.0 Å². The van der Waals surface area contributed by atoms with E-state index < -0.39 is 0 Å². The Morgan fingerprint density at radius 2 is 2.00 bits per heavy atom. The quantitative estimate of drug-likeness (QED) is 0.415. The normalized spacial score (nSPS) is 16.2. The van der Waals surface area contributed by atoms with E-state index in [1.807, 2.05) is 62.2 Å². The number of hydrogen-bond donors (Lipinski definition) is 0. The van der Waals surface area contributed by atoms with E-state index in [0.29, 0.717) is 12.6 Å². The van der Waals surface area contributed by atoms with Crippen LogP contribution >= 0.6 is 25.0 Å². The van der Waals surface area contributed by atoms with E-state index in [9.17, 15) is 4.79 Å². The molecule has 8 heteroatoms. The molecule has 6 nitrogen and oxygen atoms in total. The molecule has 33 heavy (non-hydrogen) atoms. The summed E-state index contributed by atoms with van der Waals surface area (Å²) in [4.78, 5) is 23.7. The SMILES string of the molecule is Cn1cc(CN(Cc2ccns2)[C@H]2CCCN(c3cccnc3)C2)c(=O)c2ccccc21.S. The van der Waals surface area contributed by atoms with Crippen LogP contribution in [0.5, 0.6) is 0 Å². The Morgan fingerprint density at radius 3 is 2.79 bits per heavy atom. The smallest absolute Gasteiger partial charge is 0.193 e. The second-order valence-electron chi connectivity index (χ2n) is 8.45. The Labute approximate surface area is 205 Å². The molecule has 0 saturated carbocycles. The van der Waals surface area contributed by atoms with Gasteiger partial charge in [0.1, 0.15) is 0 Å². The van der Waals surface area contributed by atoms with E-state index >= 15 is 0 Å². The molecule has 0 amide bonds. The highest BCUT2D eigenvalue weighted by Crippen LogP contribution is 2.25. The van der Waals surface area contributed by atoms with Crippen molar-refractivity contribution in [2.75, 3.05) is 18.0 Å². The van der Waals surface area contributed by atoms with Crippen molar-refractivity contribution >= 4 is 41.6 Å². The lowest BCUT2D eigenvalue weighted by molar-refractivity contribution is 0.159. The van der Waals surface area contributed by atoms with Gasteiger partial charge in [-0.3, -0.25) is 14.7 Å². The average molecular weight is 480 g/mol. The number of hydrogen-bond acceptors (Lipinski definition) is 6. The molecule has 0 bridgehead atoms. The van der Waals surface area contributed by atoms with E-state index in [0.717, 1.165) is 54.6 Å². The molecule has 1 saturated heterocycles. The van der Waals surface area contributed by atoms with Crippen LogP contribution in [0.25, 0.3) is 10.9 Å². The number of aryl methyl sites for hydroxylation is 1. The maximum atomic E-state index is 13.3.